The summed E-state index contributed by atoms with van der Waals surface area (Å²) >= 11 is 0. The molecule has 0 unspecified atom stereocenters. The quantitative estimate of drug-likeness (QED) is 0.765. The molecule has 1 rings (SSSR count). The summed E-state index contributed by atoms with van der Waals surface area (Å²) in [5.41, 5.74) is 5.25. The van der Waals surface area contributed by atoms with Crippen molar-refractivity contribution in [3.05, 3.63) is 0 Å². The third kappa shape index (κ3) is 4.36. The van der Waals surface area contributed by atoms with Gasteiger partial charge in [0.25, 0.3) is 0 Å². The summed E-state index contributed by atoms with van der Waals surface area (Å²) in [6.45, 7) is 1.71. The molecule has 5 heteroatoms. The van der Waals surface area contributed by atoms with Gasteiger partial charge in [0.2, 0.25) is 11.8 Å². The van der Waals surface area contributed by atoms with Gasteiger partial charge >= 0.3 is 0 Å². The van der Waals surface area contributed by atoms with Crippen LogP contribution in [0.25, 0.3) is 0 Å². The lowest BCUT2D eigenvalue weighted by Gasteiger charge is -2.24. The molecule has 2 amide bonds. The van der Waals surface area contributed by atoms with E-state index < -0.39 is 11.9 Å². The first-order valence-corrected chi connectivity index (χ1v) is 6.54. The summed E-state index contributed by atoms with van der Waals surface area (Å²) in [6, 6.07) is 1.32. The Hall–Kier alpha value is -1.57. The Kier molecular flexibility index (Phi) is 5.63. The first-order valence-electron chi connectivity index (χ1n) is 6.54. The van der Waals surface area contributed by atoms with Crippen molar-refractivity contribution in [3.63, 3.8) is 0 Å². The van der Waals surface area contributed by atoms with Crippen LogP contribution in [0.2, 0.25) is 0 Å². The Balaban J connectivity index is 2.52. The summed E-state index contributed by atoms with van der Waals surface area (Å²) in [7, 11) is 0. The Morgan fingerprint density at radius 3 is 2.50 bits per heavy atom. The highest BCUT2D eigenvalue weighted by Gasteiger charge is 2.26. The molecule has 1 fully saturated rings. The van der Waals surface area contributed by atoms with Gasteiger partial charge in [-0.05, 0) is 26.2 Å². The molecule has 0 heterocycles. The monoisotopic (exact) mass is 251 g/mol. The first-order chi connectivity index (χ1) is 8.54. The molecule has 0 spiro atoms. The number of carbonyl (C=O) groups excluding carboxylic acids is 2. The first kappa shape index (κ1) is 14.5. The highest BCUT2D eigenvalue weighted by Crippen LogP contribution is 2.23. The maximum atomic E-state index is 12.0. The lowest BCUT2D eigenvalue weighted by atomic mass is 9.88. The second-order valence-corrected chi connectivity index (χ2v) is 5.06. The van der Waals surface area contributed by atoms with Gasteiger partial charge in [0, 0.05) is 11.8 Å². The van der Waals surface area contributed by atoms with Crippen LogP contribution >= 0.6 is 0 Å². The van der Waals surface area contributed by atoms with E-state index in [1.165, 1.54) is 6.42 Å². The van der Waals surface area contributed by atoms with Crippen molar-refractivity contribution in [2.45, 2.75) is 51.5 Å². The minimum atomic E-state index is -0.728. The lowest BCUT2D eigenvalue weighted by Crippen LogP contribution is -2.47. The standard InChI is InChI=1S/C13H21N3O2/c1-9(8-14)7-11(12(15)17)16-13(18)10-5-3-2-4-6-10/h9-11H,2-7H2,1H3,(H2,15,17)(H,16,18)/t9-,11+/m0/s1. The molecule has 100 valence electrons. The third-order valence-electron chi connectivity index (χ3n) is 3.45. The molecule has 0 aromatic carbocycles. The molecular formula is C13H21N3O2. The highest BCUT2D eigenvalue weighted by atomic mass is 16.2. The molecule has 5 nitrogen and oxygen atoms in total. The van der Waals surface area contributed by atoms with E-state index in [0.717, 1.165) is 25.7 Å². The molecule has 0 aromatic heterocycles. The summed E-state index contributed by atoms with van der Waals surface area (Å²) in [6.07, 6.45) is 5.34. The predicted octanol–water partition coefficient (Wildman–Crippen LogP) is 1.09. The maximum Gasteiger partial charge on any atom is 0.240 e. The van der Waals surface area contributed by atoms with Crippen LogP contribution in [0.1, 0.15) is 45.4 Å². The minimum Gasteiger partial charge on any atom is -0.368 e. The van der Waals surface area contributed by atoms with Gasteiger partial charge in [-0.25, -0.2) is 0 Å². The van der Waals surface area contributed by atoms with Crippen molar-refractivity contribution in [1.29, 1.82) is 5.26 Å². The van der Waals surface area contributed by atoms with Gasteiger partial charge in [-0.15, -0.1) is 0 Å². The Labute approximate surface area is 108 Å². The van der Waals surface area contributed by atoms with E-state index in [2.05, 4.69) is 5.32 Å². The molecule has 1 aliphatic carbocycles. The van der Waals surface area contributed by atoms with Crippen LogP contribution in [-0.4, -0.2) is 17.9 Å². The molecule has 1 aliphatic rings. The van der Waals surface area contributed by atoms with Crippen molar-refractivity contribution in [2.75, 3.05) is 0 Å². The zero-order valence-corrected chi connectivity index (χ0v) is 10.8. The van der Waals surface area contributed by atoms with E-state index >= 15 is 0 Å². The summed E-state index contributed by atoms with van der Waals surface area (Å²) < 4.78 is 0. The lowest BCUT2D eigenvalue weighted by molar-refractivity contribution is -0.130. The summed E-state index contributed by atoms with van der Waals surface area (Å²) in [5, 5.41) is 11.4. The van der Waals surface area contributed by atoms with Crippen molar-refractivity contribution in [2.24, 2.45) is 17.6 Å². The average molecular weight is 251 g/mol. The van der Waals surface area contributed by atoms with E-state index in [1.807, 2.05) is 6.07 Å². The van der Waals surface area contributed by atoms with E-state index in [9.17, 15) is 9.59 Å². The minimum absolute atomic E-state index is 0.00186. The molecule has 18 heavy (non-hydrogen) atoms. The van der Waals surface area contributed by atoms with Crippen molar-refractivity contribution >= 4 is 11.8 Å². The second kappa shape index (κ2) is 7.00. The number of amides is 2. The largest absolute Gasteiger partial charge is 0.368 e. The van der Waals surface area contributed by atoms with Gasteiger partial charge in [-0.3, -0.25) is 9.59 Å². The topological polar surface area (TPSA) is 96.0 Å². The highest BCUT2D eigenvalue weighted by molar-refractivity contribution is 5.87. The predicted molar refractivity (Wildman–Crippen MR) is 67.1 cm³/mol. The van der Waals surface area contributed by atoms with Crippen LogP contribution in [0.5, 0.6) is 0 Å². The van der Waals surface area contributed by atoms with Crippen molar-refractivity contribution in [3.8, 4) is 6.07 Å². The number of nitrogens with two attached hydrogens (primary N) is 1. The zero-order valence-electron chi connectivity index (χ0n) is 10.8. The third-order valence-corrected chi connectivity index (χ3v) is 3.45. The number of rotatable bonds is 5. The Morgan fingerprint density at radius 1 is 1.39 bits per heavy atom. The maximum absolute atomic E-state index is 12.0. The van der Waals surface area contributed by atoms with Gasteiger partial charge in [0.1, 0.15) is 6.04 Å². The van der Waals surface area contributed by atoms with Crippen LogP contribution in [0.4, 0.5) is 0 Å². The van der Waals surface area contributed by atoms with Crippen LogP contribution in [-0.2, 0) is 9.59 Å². The van der Waals surface area contributed by atoms with E-state index in [4.69, 9.17) is 11.0 Å². The van der Waals surface area contributed by atoms with Gasteiger partial charge < -0.3 is 11.1 Å². The van der Waals surface area contributed by atoms with Gasteiger partial charge in [-0.2, -0.15) is 5.26 Å². The van der Waals surface area contributed by atoms with Crippen LogP contribution in [0, 0.1) is 23.2 Å². The second-order valence-electron chi connectivity index (χ2n) is 5.06. The number of nitriles is 1. The summed E-state index contributed by atoms with van der Waals surface area (Å²) in [5.74, 6) is -0.961. The molecule has 0 aromatic rings. The van der Waals surface area contributed by atoms with Gasteiger partial charge in [0.05, 0.1) is 6.07 Å². The molecule has 0 radical (unpaired) electrons. The average Bonchev–Trinajstić information content (AvgIpc) is 2.38. The van der Waals surface area contributed by atoms with Crippen LogP contribution in [0.15, 0.2) is 0 Å². The Morgan fingerprint density at radius 2 is 2.00 bits per heavy atom. The Bertz CT molecular complexity index is 343. The molecule has 0 aliphatic heterocycles. The van der Waals surface area contributed by atoms with Gasteiger partial charge in [0.15, 0.2) is 0 Å². The van der Waals surface area contributed by atoms with Crippen LogP contribution < -0.4 is 11.1 Å². The fraction of sp³-hybridized carbons (Fsp3) is 0.769. The van der Waals surface area contributed by atoms with E-state index in [0.29, 0.717) is 0 Å². The van der Waals surface area contributed by atoms with E-state index in [-0.39, 0.29) is 24.2 Å². The molecule has 0 bridgehead atoms. The smallest absolute Gasteiger partial charge is 0.240 e. The molecular weight excluding hydrogens is 230 g/mol. The number of nitrogens with one attached hydrogen (secondary N) is 1. The number of hydrogen-bond acceptors (Lipinski definition) is 3. The van der Waals surface area contributed by atoms with Crippen molar-refractivity contribution < 1.29 is 9.59 Å². The van der Waals surface area contributed by atoms with Gasteiger partial charge in [-0.1, -0.05) is 19.3 Å². The number of nitrogens with zero attached hydrogens (tertiary/aromatic N) is 1. The number of primary amides is 1. The fourth-order valence-corrected chi connectivity index (χ4v) is 2.31. The molecule has 1 saturated carbocycles. The molecule has 0 saturated heterocycles. The molecule has 2 atom stereocenters. The fourth-order valence-electron chi connectivity index (χ4n) is 2.31. The SMILES string of the molecule is C[C@H](C#N)C[C@@H](NC(=O)C1CCCCC1)C(N)=O. The molecule has 3 N–H and O–H groups in total. The van der Waals surface area contributed by atoms with Crippen molar-refractivity contribution in [1.82, 2.24) is 5.32 Å². The normalized spacial score (nSPS) is 19.6. The zero-order chi connectivity index (χ0) is 13.5. The van der Waals surface area contributed by atoms with E-state index in [1.54, 1.807) is 6.92 Å². The number of carbonyl (C=O) groups is 2. The number of hydrogen-bond donors (Lipinski definition) is 2. The summed E-state index contributed by atoms with van der Waals surface area (Å²) in [4.78, 5) is 23.2. The van der Waals surface area contributed by atoms with Crippen LogP contribution in [0.3, 0.4) is 0 Å².